The summed E-state index contributed by atoms with van der Waals surface area (Å²) in [6.45, 7) is 6.92. The average Bonchev–Trinajstić information content (AvgIpc) is 2.71. The first-order valence-electron chi connectivity index (χ1n) is 6.09. The second kappa shape index (κ2) is 5.56. The SMILES string of the molecule is CC=NOC1(C(C)(C)C)OC(N)=C(C#N)C1=C(C#N)C#N. The minimum Gasteiger partial charge on any atom is -0.429 e. The van der Waals surface area contributed by atoms with Crippen LogP contribution in [0.15, 0.2) is 27.8 Å². The molecule has 0 aliphatic carbocycles. The lowest BCUT2D eigenvalue weighted by atomic mass is 9.78. The molecule has 0 radical (unpaired) electrons. The van der Waals surface area contributed by atoms with E-state index in [1.54, 1.807) is 39.8 Å². The molecule has 2 N–H and O–H groups in total. The Bertz CT molecular complexity index is 645. The fourth-order valence-electron chi connectivity index (χ4n) is 1.94. The van der Waals surface area contributed by atoms with E-state index in [9.17, 15) is 5.26 Å². The summed E-state index contributed by atoms with van der Waals surface area (Å²) in [5.74, 6) is -1.81. The van der Waals surface area contributed by atoms with Crippen molar-refractivity contribution in [3.05, 3.63) is 22.6 Å². The lowest BCUT2D eigenvalue weighted by molar-refractivity contribution is -0.235. The summed E-state index contributed by atoms with van der Waals surface area (Å²) in [4.78, 5) is 5.42. The molecule has 0 bridgehead atoms. The Morgan fingerprint density at radius 3 is 2.29 bits per heavy atom. The van der Waals surface area contributed by atoms with Gasteiger partial charge in [-0.15, -0.1) is 0 Å². The lowest BCUT2D eigenvalue weighted by Gasteiger charge is -2.38. The number of ether oxygens (including phenoxy) is 1. The summed E-state index contributed by atoms with van der Waals surface area (Å²) in [7, 11) is 0. The number of rotatable bonds is 2. The molecule has 1 unspecified atom stereocenters. The Hall–Kier alpha value is -2.98. The van der Waals surface area contributed by atoms with Crippen LogP contribution in [0.25, 0.3) is 0 Å². The van der Waals surface area contributed by atoms with E-state index in [-0.39, 0.29) is 22.6 Å². The molecule has 1 aliphatic rings. The smallest absolute Gasteiger partial charge is 0.311 e. The molecule has 0 spiro atoms. The summed E-state index contributed by atoms with van der Waals surface area (Å²) < 4.78 is 5.56. The molecule has 0 aromatic rings. The van der Waals surface area contributed by atoms with E-state index in [1.807, 2.05) is 6.07 Å². The maximum atomic E-state index is 9.26. The van der Waals surface area contributed by atoms with Crippen LogP contribution in [-0.2, 0) is 9.57 Å². The first kappa shape index (κ1) is 16.1. The molecule has 0 aromatic heterocycles. The van der Waals surface area contributed by atoms with Crippen molar-refractivity contribution in [2.45, 2.75) is 33.5 Å². The molecule has 0 aromatic carbocycles. The molecule has 0 amide bonds. The van der Waals surface area contributed by atoms with Gasteiger partial charge in [-0.25, -0.2) is 0 Å². The number of hydrogen-bond donors (Lipinski definition) is 1. The van der Waals surface area contributed by atoms with Crippen LogP contribution in [0.5, 0.6) is 0 Å². The largest absolute Gasteiger partial charge is 0.429 e. The van der Waals surface area contributed by atoms with Crippen LogP contribution in [-0.4, -0.2) is 12.0 Å². The van der Waals surface area contributed by atoms with Gasteiger partial charge in [0.15, 0.2) is 0 Å². The second-order valence-corrected chi connectivity index (χ2v) is 5.25. The quantitative estimate of drug-likeness (QED) is 0.468. The molecule has 0 saturated carbocycles. The van der Waals surface area contributed by atoms with E-state index in [1.165, 1.54) is 6.21 Å². The van der Waals surface area contributed by atoms with E-state index < -0.39 is 11.2 Å². The van der Waals surface area contributed by atoms with Crippen molar-refractivity contribution in [3.63, 3.8) is 0 Å². The Morgan fingerprint density at radius 1 is 1.33 bits per heavy atom. The van der Waals surface area contributed by atoms with Crippen LogP contribution in [0.2, 0.25) is 0 Å². The number of nitriles is 3. The normalized spacial score (nSPS) is 21.5. The van der Waals surface area contributed by atoms with E-state index in [0.29, 0.717) is 0 Å². The summed E-state index contributed by atoms with van der Waals surface area (Å²) in [6, 6.07) is 5.35. The monoisotopic (exact) mass is 285 g/mol. The van der Waals surface area contributed by atoms with Crippen LogP contribution >= 0.6 is 0 Å². The molecule has 7 nitrogen and oxygen atoms in total. The number of nitrogens with two attached hydrogens (primary N) is 1. The van der Waals surface area contributed by atoms with Gasteiger partial charge in [-0.2, -0.15) is 15.8 Å². The minimum absolute atomic E-state index is 0.00519. The minimum atomic E-state index is -1.62. The van der Waals surface area contributed by atoms with Crippen molar-refractivity contribution in [3.8, 4) is 18.2 Å². The maximum Gasteiger partial charge on any atom is 0.311 e. The van der Waals surface area contributed by atoms with Gasteiger partial charge in [-0.3, -0.25) is 0 Å². The van der Waals surface area contributed by atoms with Gasteiger partial charge in [0.2, 0.25) is 5.88 Å². The highest BCUT2D eigenvalue weighted by atomic mass is 16.8. The van der Waals surface area contributed by atoms with E-state index in [0.717, 1.165) is 0 Å². The van der Waals surface area contributed by atoms with E-state index in [2.05, 4.69) is 5.16 Å². The summed E-state index contributed by atoms with van der Waals surface area (Å²) in [5.41, 5.74) is 4.59. The van der Waals surface area contributed by atoms with Crippen molar-refractivity contribution in [2.75, 3.05) is 0 Å². The second-order valence-electron chi connectivity index (χ2n) is 5.25. The predicted molar refractivity (Wildman–Crippen MR) is 73.6 cm³/mol. The zero-order valence-corrected chi connectivity index (χ0v) is 12.3. The topological polar surface area (TPSA) is 128 Å². The molecule has 7 heteroatoms. The molecular formula is C14H15N5O2. The Kier molecular flexibility index (Phi) is 4.26. The van der Waals surface area contributed by atoms with E-state index >= 15 is 0 Å². The number of allylic oxidation sites excluding steroid dienone is 1. The van der Waals surface area contributed by atoms with Gasteiger partial charge in [0, 0.05) is 11.6 Å². The zero-order valence-electron chi connectivity index (χ0n) is 12.3. The van der Waals surface area contributed by atoms with Crippen molar-refractivity contribution in [1.82, 2.24) is 0 Å². The van der Waals surface area contributed by atoms with Gasteiger partial charge in [0.1, 0.15) is 29.4 Å². The molecular weight excluding hydrogens is 270 g/mol. The molecule has 1 rings (SSSR count). The van der Waals surface area contributed by atoms with Gasteiger partial charge >= 0.3 is 5.79 Å². The van der Waals surface area contributed by atoms with Crippen LogP contribution < -0.4 is 5.73 Å². The van der Waals surface area contributed by atoms with Gasteiger partial charge in [-0.05, 0) is 6.92 Å². The Balaban J connectivity index is 3.77. The van der Waals surface area contributed by atoms with Gasteiger partial charge in [0.05, 0.1) is 5.57 Å². The highest BCUT2D eigenvalue weighted by Crippen LogP contribution is 2.50. The van der Waals surface area contributed by atoms with Gasteiger partial charge in [0.25, 0.3) is 0 Å². The summed E-state index contributed by atoms with van der Waals surface area (Å²) in [5, 5.41) is 31.3. The lowest BCUT2D eigenvalue weighted by Crippen LogP contribution is -2.47. The Morgan fingerprint density at radius 2 is 1.90 bits per heavy atom. The highest BCUT2D eigenvalue weighted by Gasteiger charge is 2.58. The van der Waals surface area contributed by atoms with Crippen molar-refractivity contribution in [2.24, 2.45) is 16.3 Å². The highest BCUT2D eigenvalue weighted by molar-refractivity contribution is 5.61. The first-order chi connectivity index (χ1) is 9.78. The van der Waals surface area contributed by atoms with Crippen LogP contribution in [0.4, 0.5) is 0 Å². The maximum absolute atomic E-state index is 9.26. The molecule has 108 valence electrons. The van der Waals surface area contributed by atoms with Crippen LogP contribution in [0.1, 0.15) is 27.7 Å². The fraction of sp³-hybridized carbons (Fsp3) is 0.429. The van der Waals surface area contributed by atoms with Crippen molar-refractivity contribution < 1.29 is 9.57 Å². The molecule has 1 heterocycles. The summed E-state index contributed by atoms with van der Waals surface area (Å²) >= 11 is 0. The average molecular weight is 285 g/mol. The van der Waals surface area contributed by atoms with Crippen LogP contribution in [0, 0.1) is 39.4 Å². The number of hydrogen-bond acceptors (Lipinski definition) is 7. The zero-order chi connectivity index (χ0) is 16.3. The fourth-order valence-corrected chi connectivity index (χ4v) is 1.94. The number of oxime groups is 1. The van der Waals surface area contributed by atoms with Crippen molar-refractivity contribution >= 4 is 6.21 Å². The third kappa shape index (κ3) is 2.40. The molecule has 0 fully saturated rings. The molecule has 1 aliphatic heterocycles. The van der Waals surface area contributed by atoms with E-state index in [4.69, 9.17) is 25.8 Å². The standard InChI is InChI=1S/C14H15N5O2/c1-5-19-21-14(13(2,3)4)11(9(6-15)7-16)10(8-17)12(18)20-14/h5H,18H2,1-4H3. The molecule has 1 atom stereocenters. The first-order valence-corrected chi connectivity index (χ1v) is 6.09. The third-order valence-corrected chi connectivity index (χ3v) is 2.94. The van der Waals surface area contributed by atoms with Gasteiger partial charge < -0.3 is 15.3 Å². The molecule has 0 saturated heterocycles. The van der Waals surface area contributed by atoms with Gasteiger partial charge in [-0.1, -0.05) is 25.9 Å². The van der Waals surface area contributed by atoms with Crippen molar-refractivity contribution in [1.29, 1.82) is 15.8 Å². The number of nitrogens with zero attached hydrogens (tertiary/aromatic N) is 4. The third-order valence-electron chi connectivity index (χ3n) is 2.94. The summed E-state index contributed by atoms with van der Waals surface area (Å²) in [6.07, 6.45) is 1.38. The molecule has 21 heavy (non-hydrogen) atoms. The predicted octanol–water partition coefficient (Wildman–Crippen LogP) is 1.82. The Labute approximate surface area is 123 Å². The van der Waals surface area contributed by atoms with Crippen LogP contribution in [0.3, 0.4) is 0 Å².